The summed E-state index contributed by atoms with van der Waals surface area (Å²) in [6, 6.07) is 11.1. The predicted octanol–water partition coefficient (Wildman–Crippen LogP) is 3.31. The van der Waals surface area contributed by atoms with Crippen molar-refractivity contribution in [2.75, 3.05) is 11.4 Å². The van der Waals surface area contributed by atoms with Crippen molar-refractivity contribution in [3.8, 4) is 0 Å². The van der Waals surface area contributed by atoms with Crippen molar-refractivity contribution in [2.45, 2.75) is 24.9 Å². The first-order valence-electron chi connectivity index (χ1n) is 9.66. The SMILES string of the molecule is O=C(c1ccc(F)cc1)[C@@H]1[C@@H]2C(=O)N(c3cccc(Cl)c3)C(=O)[C@H]2[C@@H]2CCCN12. The van der Waals surface area contributed by atoms with E-state index >= 15 is 0 Å². The lowest BCUT2D eigenvalue weighted by Crippen LogP contribution is -2.46. The molecule has 2 amide bonds. The number of rotatable bonds is 3. The van der Waals surface area contributed by atoms with Gasteiger partial charge in [-0.3, -0.25) is 19.3 Å². The van der Waals surface area contributed by atoms with Crippen LogP contribution in [0.1, 0.15) is 23.2 Å². The summed E-state index contributed by atoms with van der Waals surface area (Å²) >= 11 is 6.06. The molecule has 0 aromatic heterocycles. The van der Waals surface area contributed by atoms with Gasteiger partial charge in [0.1, 0.15) is 5.82 Å². The van der Waals surface area contributed by atoms with Crippen molar-refractivity contribution < 1.29 is 18.8 Å². The minimum atomic E-state index is -0.732. The van der Waals surface area contributed by atoms with Gasteiger partial charge in [-0.25, -0.2) is 9.29 Å². The standard InChI is InChI=1S/C22H18ClFN2O3/c23-13-3-1-4-15(11-13)26-21(28)17-16-5-2-10-25(16)19(18(17)22(26)29)20(27)12-6-8-14(24)9-7-12/h1,3-4,6-9,11,16-19H,2,5,10H2/t16-,17-,18+,19-/m0/s1. The van der Waals surface area contributed by atoms with Gasteiger partial charge in [0.15, 0.2) is 5.78 Å². The van der Waals surface area contributed by atoms with Gasteiger partial charge in [-0.15, -0.1) is 0 Å². The molecule has 7 heteroatoms. The minimum Gasteiger partial charge on any atom is -0.292 e. The van der Waals surface area contributed by atoms with E-state index < -0.39 is 23.7 Å². The fraction of sp³-hybridized carbons (Fsp3) is 0.318. The number of ketones is 1. The normalized spacial score (nSPS) is 28.7. The number of amides is 2. The Morgan fingerprint density at radius 1 is 1.03 bits per heavy atom. The lowest BCUT2D eigenvalue weighted by atomic mass is 9.85. The van der Waals surface area contributed by atoms with Gasteiger partial charge in [0.2, 0.25) is 11.8 Å². The second-order valence-electron chi connectivity index (χ2n) is 7.81. The number of hydrogen-bond acceptors (Lipinski definition) is 4. The summed E-state index contributed by atoms with van der Waals surface area (Å²) in [6.07, 6.45) is 1.65. The Labute approximate surface area is 172 Å². The number of benzene rings is 2. The third-order valence-electron chi connectivity index (χ3n) is 6.32. The molecule has 2 aromatic rings. The maximum Gasteiger partial charge on any atom is 0.239 e. The van der Waals surface area contributed by atoms with Crippen LogP contribution >= 0.6 is 11.6 Å². The van der Waals surface area contributed by atoms with E-state index in [4.69, 9.17) is 11.6 Å². The molecule has 3 aliphatic rings. The van der Waals surface area contributed by atoms with Crippen molar-refractivity contribution in [3.63, 3.8) is 0 Å². The molecule has 3 heterocycles. The summed E-state index contributed by atoms with van der Waals surface area (Å²) in [6.45, 7) is 0.674. The van der Waals surface area contributed by atoms with Crippen LogP contribution in [0.15, 0.2) is 48.5 Å². The van der Waals surface area contributed by atoms with Crippen LogP contribution in [0.25, 0.3) is 0 Å². The predicted molar refractivity (Wildman–Crippen MR) is 105 cm³/mol. The van der Waals surface area contributed by atoms with Gasteiger partial charge < -0.3 is 0 Å². The fourth-order valence-corrected chi connectivity index (χ4v) is 5.35. The smallest absolute Gasteiger partial charge is 0.239 e. The molecular formula is C22H18ClFN2O3. The molecule has 0 spiro atoms. The van der Waals surface area contributed by atoms with Crippen LogP contribution in [-0.2, 0) is 9.59 Å². The number of anilines is 1. The van der Waals surface area contributed by atoms with Crippen molar-refractivity contribution >= 4 is 34.9 Å². The number of nitrogens with zero attached hydrogens (tertiary/aromatic N) is 2. The molecule has 5 rings (SSSR count). The summed E-state index contributed by atoms with van der Waals surface area (Å²) in [5.74, 6) is -2.57. The average Bonchev–Trinajstić information content (AvgIpc) is 3.34. The molecule has 0 bridgehead atoms. The summed E-state index contributed by atoms with van der Waals surface area (Å²) in [5.41, 5.74) is 0.781. The van der Waals surface area contributed by atoms with Gasteiger partial charge in [-0.1, -0.05) is 17.7 Å². The number of Topliss-reactive ketones (excluding diaryl/α,β-unsaturated/α-hetero) is 1. The summed E-state index contributed by atoms with van der Waals surface area (Å²) in [4.78, 5) is 43.2. The van der Waals surface area contributed by atoms with E-state index in [1.807, 2.05) is 4.90 Å². The van der Waals surface area contributed by atoms with Crippen molar-refractivity contribution in [3.05, 3.63) is 64.9 Å². The van der Waals surface area contributed by atoms with Gasteiger partial charge in [-0.2, -0.15) is 0 Å². The summed E-state index contributed by atoms with van der Waals surface area (Å²) < 4.78 is 13.3. The first-order valence-corrected chi connectivity index (χ1v) is 10.0. The highest BCUT2D eigenvalue weighted by molar-refractivity contribution is 6.31. The Kier molecular flexibility index (Phi) is 4.29. The van der Waals surface area contributed by atoms with Gasteiger partial charge >= 0.3 is 0 Å². The molecular weight excluding hydrogens is 395 g/mol. The average molecular weight is 413 g/mol. The molecule has 0 saturated carbocycles. The quantitative estimate of drug-likeness (QED) is 0.573. The van der Waals surface area contributed by atoms with Crippen molar-refractivity contribution in [1.82, 2.24) is 4.90 Å². The Hall–Kier alpha value is -2.57. The van der Waals surface area contributed by atoms with Gasteiger partial charge in [0, 0.05) is 16.6 Å². The molecule has 29 heavy (non-hydrogen) atoms. The molecule has 0 N–H and O–H groups in total. The maximum atomic E-state index is 13.4. The molecule has 0 aliphatic carbocycles. The lowest BCUT2D eigenvalue weighted by molar-refractivity contribution is -0.123. The summed E-state index contributed by atoms with van der Waals surface area (Å²) in [7, 11) is 0. The van der Waals surface area contributed by atoms with E-state index in [-0.39, 0.29) is 23.6 Å². The van der Waals surface area contributed by atoms with E-state index in [9.17, 15) is 18.8 Å². The maximum absolute atomic E-state index is 13.4. The van der Waals surface area contributed by atoms with E-state index in [2.05, 4.69) is 0 Å². The zero-order valence-corrected chi connectivity index (χ0v) is 16.2. The van der Waals surface area contributed by atoms with Crippen LogP contribution in [0.2, 0.25) is 5.02 Å². The molecule has 148 valence electrons. The number of imide groups is 1. The van der Waals surface area contributed by atoms with Crippen LogP contribution in [0.5, 0.6) is 0 Å². The van der Waals surface area contributed by atoms with Crippen LogP contribution in [-0.4, -0.2) is 41.1 Å². The van der Waals surface area contributed by atoms with Crippen LogP contribution in [0.3, 0.4) is 0 Å². The molecule has 3 fully saturated rings. The van der Waals surface area contributed by atoms with E-state index in [1.165, 1.54) is 29.2 Å². The first kappa shape index (κ1) is 18.5. The van der Waals surface area contributed by atoms with Crippen molar-refractivity contribution in [2.24, 2.45) is 11.8 Å². The third kappa shape index (κ3) is 2.74. The third-order valence-corrected chi connectivity index (χ3v) is 6.55. The highest BCUT2D eigenvalue weighted by Crippen LogP contribution is 2.48. The minimum absolute atomic E-state index is 0.130. The monoisotopic (exact) mass is 412 g/mol. The number of hydrogen-bond donors (Lipinski definition) is 0. The zero-order chi connectivity index (χ0) is 20.3. The summed E-state index contributed by atoms with van der Waals surface area (Å²) in [5, 5.41) is 0.432. The molecule has 5 nitrogen and oxygen atoms in total. The molecule has 0 unspecified atom stereocenters. The van der Waals surface area contributed by atoms with Crippen LogP contribution in [0, 0.1) is 17.7 Å². The van der Waals surface area contributed by atoms with Gasteiger partial charge in [0.25, 0.3) is 0 Å². The molecule has 4 atom stereocenters. The Morgan fingerprint density at radius 2 is 1.76 bits per heavy atom. The second kappa shape index (κ2) is 6.75. The van der Waals surface area contributed by atoms with Crippen LogP contribution < -0.4 is 4.90 Å². The highest BCUT2D eigenvalue weighted by atomic mass is 35.5. The molecule has 2 aromatic carbocycles. The number of fused-ring (bicyclic) bond motifs is 3. The van der Waals surface area contributed by atoms with Gasteiger partial charge in [-0.05, 0) is 61.9 Å². The topological polar surface area (TPSA) is 57.7 Å². The number of carbonyl (C=O) groups excluding carboxylic acids is 3. The van der Waals surface area contributed by atoms with E-state index in [0.717, 1.165) is 12.8 Å². The molecule has 3 aliphatic heterocycles. The largest absolute Gasteiger partial charge is 0.292 e. The fourth-order valence-electron chi connectivity index (χ4n) is 5.17. The highest BCUT2D eigenvalue weighted by Gasteiger charge is 2.64. The lowest BCUT2D eigenvalue weighted by Gasteiger charge is -2.27. The zero-order valence-electron chi connectivity index (χ0n) is 15.4. The number of halogens is 2. The van der Waals surface area contributed by atoms with E-state index in [0.29, 0.717) is 22.8 Å². The molecule has 3 saturated heterocycles. The molecule has 0 radical (unpaired) electrons. The van der Waals surface area contributed by atoms with Gasteiger partial charge in [0.05, 0.1) is 23.6 Å². The van der Waals surface area contributed by atoms with Crippen LogP contribution in [0.4, 0.5) is 10.1 Å². The van der Waals surface area contributed by atoms with E-state index in [1.54, 1.807) is 24.3 Å². The Morgan fingerprint density at radius 3 is 2.48 bits per heavy atom. The second-order valence-corrected chi connectivity index (χ2v) is 8.24. The Bertz CT molecular complexity index is 1020. The number of carbonyl (C=O) groups is 3. The van der Waals surface area contributed by atoms with Crippen molar-refractivity contribution in [1.29, 1.82) is 0 Å². The first-order chi connectivity index (χ1) is 14.0. The Balaban J connectivity index is 1.55.